The Balaban J connectivity index is 3.18. The first-order valence-corrected chi connectivity index (χ1v) is 7.99. The first kappa shape index (κ1) is 19.5. The molecule has 1 rings (SSSR count). The van der Waals surface area contributed by atoms with E-state index in [1.54, 1.807) is 4.90 Å². The standard InChI is InChI=1S/C15H20Cl2N4O2/c1-5-6-7-8-21(11(9-10(2)3)12(22)23-4)15-19-13(16)18-14(17)20-15/h1,10-11H,6-9H2,2-4H3. The molecular weight excluding hydrogens is 339 g/mol. The molecule has 0 saturated carbocycles. The molecule has 0 N–H and O–H groups in total. The summed E-state index contributed by atoms with van der Waals surface area (Å²) in [5.41, 5.74) is 0. The highest BCUT2D eigenvalue weighted by Gasteiger charge is 2.30. The number of carbonyl (C=O) groups excluding carboxylic acids is 1. The molecule has 0 bridgehead atoms. The second-order valence-corrected chi connectivity index (χ2v) is 6.02. The normalized spacial score (nSPS) is 11.9. The van der Waals surface area contributed by atoms with Crippen LogP contribution in [0.25, 0.3) is 0 Å². The summed E-state index contributed by atoms with van der Waals surface area (Å²) in [5.74, 6) is 2.71. The number of hydrogen-bond acceptors (Lipinski definition) is 6. The van der Waals surface area contributed by atoms with Crippen LogP contribution in [0.2, 0.25) is 10.6 Å². The fraction of sp³-hybridized carbons (Fsp3) is 0.600. The SMILES string of the molecule is C#CCCCN(c1nc(Cl)nc(Cl)n1)C(CC(C)C)C(=O)OC. The maximum Gasteiger partial charge on any atom is 0.328 e. The Morgan fingerprint density at radius 1 is 1.30 bits per heavy atom. The lowest BCUT2D eigenvalue weighted by Crippen LogP contribution is -2.44. The van der Waals surface area contributed by atoms with Crippen molar-refractivity contribution in [3.8, 4) is 12.3 Å². The third-order valence-corrected chi connectivity index (χ3v) is 3.43. The molecule has 6 nitrogen and oxygen atoms in total. The zero-order valence-corrected chi connectivity index (χ0v) is 14.9. The van der Waals surface area contributed by atoms with Crippen LogP contribution >= 0.6 is 23.2 Å². The Morgan fingerprint density at radius 2 is 1.91 bits per heavy atom. The van der Waals surface area contributed by atoms with Crippen molar-refractivity contribution in [1.29, 1.82) is 0 Å². The summed E-state index contributed by atoms with van der Waals surface area (Å²) in [6.07, 6.45) is 7.11. The van der Waals surface area contributed by atoms with Crippen molar-refractivity contribution >= 4 is 35.1 Å². The van der Waals surface area contributed by atoms with Crippen LogP contribution in [0.1, 0.15) is 33.1 Å². The number of halogens is 2. The summed E-state index contributed by atoms with van der Waals surface area (Å²) >= 11 is 11.7. The number of esters is 1. The zero-order valence-electron chi connectivity index (χ0n) is 13.4. The molecule has 1 aromatic heterocycles. The number of unbranched alkanes of at least 4 members (excludes halogenated alkanes) is 1. The highest BCUT2D eigenvalue weighted by molar-refractivity contribution is 6.31. The molecule has 0 aromatic carbocycles. The van der Waals surface area contributed by atoms with Gasteiger partial charge in [-0.2, -0.15) is 15.0 Å². The topological polar surface area (TPSA) is 68.2 Å². The van der Waals surface area contributed by atoms with Gasteiger partial charge in [0.1, 0.15) is 6.04 Å². The van der Waals surface area contributed by atoms with E-state index in [0.717, 1.165) is 0 Å². The number of nitrogens with zero attached hydrogens (tertiary/aromatic N) is 4. The van der Waals surface area contributed by atoms with Crippen LogP contribution < -0.4 is 4.90 Å². The van der Waals surface area contributed by atoms with Gasteiger partial charge in [0.25, 0.3) is 0 Å². The van der Waals surface area contributed by atoms with Gasteiger partial charge in [-0.25, -0.2) is 4.79 Å². The Labute approximate surface area is 146 Å². The number of rotatable bonds is 8. The maximum atomic E-state index is 12.2. The molecule has 0 fully saturated rings. The van der Waals surface area contributed by atoms with Crippen molar-refractivity contribution in [2.24, 2.45) is 5.92 Å². The van der Waals surface area contributed by atoms with E-state index < -0.39 is 6.04 Å². The monoisotopic (exact) mass is 358 g/mol. The van der Waals surface area contributed by atoms with Crippen LogP contribution in [-0.4, -0.2) is 40.6 Å². The minimum atomic E-state index is -0.549. The molecule has 0 aliphatic heterocycles. The molecule has 0 saturated heterocycles. The second kappa shape index (κ2) is 9.53. The molecule has 1 unspecified atom stereocenters. The Hall–Kier alpha value is -1.58. The van der Waals surface area contributed by atoms with E-state index in [-0.39, 0.29) is 28.4 Å². The van der Waals surface area contributed by atoms with E-state index in [9.17, 15) is 4.79 Å². The van der Waals surface area contributed by atoms with Gasteiger partial charge in [-0.1, -0.05) is 13.8 Å². The van der Waals surface area contributed by atoms with Gasteiger partial charge in [0.2, 0.25) is 16.5 Å². The minimum Gasteiger partial charge on any atom is -0.467 e. The summed E-state index contributed by atoms with van der Waals surface area (Å²) in [5, 5.41) is -0.0646. The minimum absolute atomic E-state index is 0.0323. The fourth-order valence-corrected chi connectivity index (χ4v) is 2.48. The molecule has 0 spiro atoms. The average molecular weight is 359 g/mol. The summed E-state index contributed by atoms with van der Waals surface area (Å²) < 4.78 is 4.92. The smallest absolute Gasteiger partial charge is 0.328 e. The van der Waals surface area contributed by atoms with E-state index in [2.05, 4.69) is 20.9 Å². The quantitative estimate of drug-likeness (QED) is 0.404. The third-order valence-electron chi connectivity index (χ3n) is 3.09. The third kappa shape index (κ3) is 6.20. The summed E-state index contributed by atoms with van der Waals surface area (Å²) in [6, 6.07) is -0.549. The lowest BCUT2D eigenvalue weighted by atomic mass is 10.0. The van der Waals surface area contributed by atoms with Gasteiger partial charge < -0.3 is 9.64 Å². The first-order valence-electron chi connectivity index (χ1n) is 7.24. The molecule has 0 aliphatic carbocycles. The van der Waals surface area contributed by atoms with Crippen molar-refractivity contribution < 1.29 is 9.53 Å². The highest BCUT2D eigenvalue weighted by Crippen LogP contribution is 2.21. The van der Waals surface area contributed by atoms with E-state index in [1.165, 1.54) is 7.11 Å². The summed E-state index contributed by atoms with van der Waals surface area (Å²) in [7, 11) is 1.35. The second-order valence-electron chi connectivity index (χ2n) is 5.34. The average Bonchev–Trinajstić information content (AvgIpc) is 2.47. The van der Waals surface area contributed by atoms with Crippen molar-refractivity contribution in [1.82, 2.24) is 15.0 Å². The Bertz CT molecular complexity index is 555. The van der Waals surface area contributed by atoms with Crippen molar-refractivity contribution in [2.45, 2.75) is 39.2 Å². The Kier molecular flexibility index (Phi) is 8.07. The Morgan fingerprint density at radius 3 is 2.39 bits per heavy atom. The largest absolute Gasteiger partial charge is 0.467 e. The van der Waals surface area contributed by atoms with Crippen LogP contribution in [0.3, 0.4) is 0 Å². The molecule has 23 heavy (non-hydrogen) atoms. The predicted molar refractivity (Wildman–Crippen MR) is 90.5 cm³/mol. The van der Waals surface area contributed by atoms with E-state index in [0.29, 0.717) is 25.8 Å². The first-order chi connectivity index (χ1) is 10.9. The van der Waals surface area contributed by atoms with Crippen molar-refractivity contribution in [3.63, 3.8) is 0 Å². The van der Waals surface area contributed by atoms with Gasteiger partial charge in [-0.15, -0.1) is 12.3 Å². The van der Waals surface area contributed by atoms with Gasteiger partial charge >= 0.3 is 5.97 Å². The van der Waals surface area contributed by atoms with Crippen molar-refractivity contribution in [2.75, 3.05) is 18.6 Å². The number of hydrogen-bond donors (Lipinski definition) is 0. The van der Waals surface area contributed by atoms with Crippen LogP contribution in [0.5, 0.6) is 0 Å². The molecule has 0 radical (unpaired) electrons. The number of ether oxygens (including phenoxy) is 1. The summed E-state index contributed by atoms with van der Waals surface area (Å²) in [4.78, 5) is 25.8. The van der Waals surface area contributed by atoms with E-state index in [4.69, 9.17) is 34.4 Å². The maximum absolute atomic E-state index is 12.2. The molecule has 8 heteroatoms. The molecule has 1 aromatic rings. The van der Waals surface area contributed by atoms with Gasteiger partial charge in [0.05, 0.1) is 7.11 Å². The number of anilines is 1. The molecular formula is C15H20Cl2N4O2. The van der Waals surface area contributed by atoms with Crippen LogP contribution in [0.4, 0.5) is 5.95 Å². The molecule has 0 amide bonds. The molecule has 126 valence electrons. The number of terminal acetylenes is 1. The number of carbonyl (C=O) groups is 1. The lowest BCUT2D eigenvalue weighted by Gasteiger charge is -2.30. The van der Waals surface area contributed by atoms with Gasteiger partial charge in [-0.3, -0.25) is 0 Å². The summed E-state index contributed by atoms with van der Waals surface area (Å²) in [6.45, 7) is 4.51. The zero-order chi connectivity index (χ0) is 17.4. The van der Waals surface area contributed by atoms with Crippen LogP contribution in [0.15, 0.2) is 0 Å². The van der Waals surface area contributed by atoms with E-state index in [1.807, 2.05) is 13.8 Å². The van der Waals surface area contributed by atoms with Crippen LogP contribution in [0, 0.1) is 18.3 Å². The van der Waals surface area contributed by atoms with E-state index >= 15 is 0 Å². The number of methoxy groups -OCH3 is 1. The van der Waals surface area contributed by atoms with Crippen LogP contribution in [-0.2, 0) is 9.53 Å². The highest BCUT2D eigenvalue weighted by atomic mass is 35.5. The van der Waals surface area contributed by atoms with Gasteiger partial charge in [0.15, 0.2) is 0 Å². The molecule has 1 atom stereocenters. The van der Waals surface area contributed by atoms with Gasteiger partial charge in [-0.05, 0) is 42.0 Å². The predicted octanol–water partition coefficient (Wildman–Crippen LogP) is 2.99. The molecule has 1 heterocycles. The fourth-order valence-electron chi connectivity index (χ4n) is 2.12. The van der Waals surface area contributed by atoms with Crippen molar-refractivity contribution in [3.05, 3.63) is 10.6 Å². The molecule has 0 aliphatic rings. The lowest BCUT2D eigenvalue weighted by molar-refractivity contribution is -0.142. The number of aromatic nitrogens is 3. The van der Waals surface area contributed by atoms with Gasteiger partial charge in [0, 0.05) is 13.0 Å².